The van der Waals surface area contributed by atoms with Gasteiger partial charge in [0.1, 0.15) is 11.5 Å². The third kappa shape index (κ3) is 5.99. The van der Waals surface area contributed by atoms with Gasteiger partial charge in [-0.1, -0.05) is 36.4 Å². The number of ether oxygens (including phenoxy) is 1. The fourth-order valence-electron chi connectivity index (χ4n) is 2.92. The topological polar surface area (TPSA) is 123 Å². The maximum Gasteiger partial charge on any atom is 0.516 e. The number of benzene rings is 3. The lowest BCUT2D eigenvalue weighted by Crippen LogP contribution is -2.29. The molecule has 0 saturated heterocycles. The van der Waals surface area contributed by atoms with Crippen molar-refractivity contribution in [3.05, 3.63) is 90.3 Å². The standard InChI is InChI=1S/C23H17F3N4O5S/c24-23(25,26)36(32,33)30-17-6-4-5-16(13-17)21-28-29-22(35-21)20(31)27-14-15-9-11-19(12-10-15)34-18-7-2-1-3-8-18/h1-13,30H,14H2,(H,27,31). The van der Waals surface area contributed by atoms with Crippen LogP contribution in [0.5, 0.6) is 11.5 Å². The molecular weight excluding hydrogens is 501 g/mol. The molecule has 0 fully saturated rings. The zero-order chi connectivity index (χ0) is 25.8. The number of aromatic nitrogens is 2. The average Bonchev–Trinajstić information content (AvgIpc) is 3.34. The molecule has 1 heterocycles. The molecule has 0 aliphatic rings. The zero-order valence-electron chi connectivity index (χ0n) is 18.2. The molecule has 0 saturated carbocycles. The number of amides is 1. The molecule has 36 heavy (non-hydrogen) atoms. The summed E-state index contributed by atoms with van der Waals surface area (Å²) < 4.78 is 72.8. The van der Waals surface area contributed by atoms with E-state index >= 15 is 0 Å². The zero-order valence-corrected chi connectivity index (χ0v) is 19.0. The van der Waals surface area contributed by atoms with Crippen LogP contribution in [-0.4, -0.2) is 30.0 Å². The molecule has 186 valence electrons. The quantitative estimate of drug-likeness (QED) is 0.346. The molecule has 0 aliphatic carbocycles. The molecule has 0 unspecified atom stereocenters. The molecule has 0 atom stereocenters. The first-order chi connectivity index (χ1) is 17.1. The van der Waals surface area contributed by atoms with Gasteiger partial charge in [-0.25, -0.2) is 0 Å². The minimum Gasteiger partial charge on any atom is -0.457 e. The number of anilines is 1. The molecule has 1 aromatic heterocycles. The number of carbonyl (C=O) groups is 1. The lowest BCUT2D eigenvalue weighted by atomic mass is 10.2. The van der Waals surface area contributed by atoms with Crippen LogP contribution in [0.25, 0.3) is 11.5 Å². The van der Waals surface area contributed by atoms with E-state index in [9.17, 15) is 26.4 Å². The van der Waals surface area contributed by atoms with Crippen LogP contribution in [0.1, 0.15) is 16.2 Å². The summed E-state index contributed by atoms with van der Waals surface area (Å²) in [6.45, 7) is 0.150. The Kier molecular flexibility index (Phi) is 6.92. The molecule has 9 nitrogen and oxygen atoms in total. The molecule has 0 radical (unpaired) electrons. The maximum absolute atomic E-state index is 12.6. The summed E-state index contributed by atoms with van der Waals surface area (Å²) in [7, 11) is -5.60. The summed E-state index contributed by atoms with van der Waals surface area (Å²) in [5.74, 6) is 0.0739. The fourth-order valence-corrected chi connectivity index (χ4v) is 3.47. The van der Waals surface area contributed by atoms with E-state index in [1.165, 1.54) is 16.9 Å². The number of hydrogen-bond donors (Lipinski definition) is 2. The SMILES string of the molecule is O=C(NCc1ccc(Oc2ccccc2)cc1)c1nnc(-c2cccc(NS(=O)(=O)C(F)(F)F)c2)o1. The number of sulfonamides is 1. The van der Waals surface area contributed by atoms with E-state index in [1.807, 2.05) is 30.3 Å². The van der Waals surface area contributed by atoms with Crippen LogP contribution in [-0.2, 0) is 16.6 Å². The molecule has 0 bridgehead atoms. The third-order valence-electron chi connectivity index (χ3n) is 4.64. The van der Waals surface area contributed by atoms with Crippen molar-refractivity contribution in [2.75, 3.05) is 4.72 Å². The molecule has 0 spiro atoms. The molecular formula is C23H17F3N4O5S. The van der Waals surface area contributed by atoms with Crippen molar-refractivity contribution in [3.8, 4) is 23.0 Å². The summed E-state index contributed by atoms with van der Waals surface area (Å²) in [6, 6.07) is 21.2. The van der Waals surface area contributed by atoms with Gasteiger partial charge < -0.3 is 14.5 Å². The van der Waals surface area contributed by atoms with E-state index in [0.717, 1.165) is 17.7 Å². The van der Waals surface area contributed by atoms with Gasteiger partial charge in [0.25, 0.3) is 0 Å². The van der Waals surface area contributed by atoms with Crippen LogP contribution in [0, 0.1) is 0 Å². The Morgan fingerprint density at radius 2 is 1.61 bits per heavy atom. The highest BCUT2D eigenvalue weighted by molar-refractivity contribution is 7.93. The second-order valence-electron chi connectivity index (χ2n) is 7.29. The molecule has 1 amide bonds. The molecule has 13 heteroatoms. The van der Waals surface area contributed by atoms with Gasteiger partial charge in [0.05, 0.1) is 0 Å². The number of halogens is 3. The number of nitrogens with one attached hydrogen (secondary N) is 2. The van der Waals surface area contributed by atoms with Gasteiger partial charge in [0.2, 0.25) is 5.89 Å². The Balaban J connectivity index is 1.37. The lowest BCUT2D eigenvalue weighted by molar-refractivity contribution is -0.0429. The maximum atomic E-state index is 12.6. The van der Waals surface area contributed by atoms with E-state index in [-0.39, 0.29) is 29.6 Å². The van der Waals surface area contributed by atoms with E-state index in [1.54, 1.807) is 24.3 Å². The normalized spacial score (nSPS) is 11.6. The monoisotopic (exact) mass is 518 g/mol. The first kappa shape index (κ1) is 24.7. The lowest BCUT2D eigenvalue weighted by Gasteiger charge is -2.10. The number of hydrogen-bond acceptors (Lipinski definition) is 7. The molecule has 3 aromatic carbocycles. The first-order valence-electron chi connectivity index (χ1n) is 10.2. The Hall–Kier alpha value is -4.39. The van der Waals surface area contributed by atoms with E-state index in [4.69, 9.17) is 9.15 Å². The van der Waals surface area contributed by atoms with Crippen molar-refractivity contribution in [3.63, 3.8) is 0 Å². The number of para-hydroxylation sites is 1. The van der Waals surface area contributed by atoms with Crippen LogP contribution in [0.15, 0.2) is 83.3 Å². The van der Waals surface area contributed by atoms with Gasteiger partial charge in [0, 0.05) is 17.8 Å². The van der Waals surface area contributed by atoms with Gasteiger partial charge in [-0.3, -0.25) is 9.52 Å². The molecule has 2 N–H and O–H groups in total. The van der Waals surface area contributed by atoms with Crippen molar-refractivity contribution >= 4 is 21.6 Å². The van der Waals surface area contributed by atoms with Crippen molar-refractivity contribution in [1.82, 2.24) is 15.5 Å². The van der Waals surface area contributed by atoms with Crippen molar-refractivity contribution < 1.29 is 35.5 Å². The van der Waals surface area contributed by atoms with Crippen molar-refractivity contribution in [2.24, 2.45) is 0 Å². The summed E-state index contributed by atoms with van der Waals surface area (Å²) in [6.07, 6.45) is 0. The Morgan fingerprint density at radius 1 is 0.917 bits per heavy atom. The average molecular weight is 518 g/mol. The van der Waals surface area contributed by atoms with E-state index < -0.39 is 21.4 Å². The minimum atomic E-state index is -5.60. The third-order valence-corrected chi connectivity index (χ3v) is 5.75. The summed E-state index contributed by atoms with van der Waals surface area (Å²) in [4.78, 5) is 12.4. The van der Waals surface area contributed by atoms with Crippen LogP contribution in [0.2, 0.25) is 0 Å². The van der Waals surface area contributed by atoms with Crippen LogP contribution in [0.4, 0.5) is 18.9 Å². The molecule has 0 aliphatic heterocycles. The van der Waals surface area contributed by atoms with Crippen molar-refractivity contribution in [1.29, 1.82) is 0 Å². The smallest absolute Gasteiger partial charge is 0.457 e. The van der Waals surface area contributed by atoms with Crippen LogP contribution >= 0.6 is 0 Å². The molecule has 4 aromatic rings. The predicted molar refractivity (Wildman–Crippen MR) is 122 cm³/mol. The summed E-state index contributed by atoms with van der Waals surface area (Å²) in [5.41, 5.74) is -4.96. The second kappa shape index (κ2) is 10.1. The fraction of sp³-hybridized carbons (Fsp3) is 0.0870. The highest BCUT2D eigenvalue weighted by atomic mass is 32.2. The predicted octanol–water partition coefficient (Wildman–Crippen LogP) is 4.72. The van der Waals surface area contributed by atoms with Gasteiger partial charge >= 0.3 is 27.3 Å². The minimum absolute atomic E-state index is 0.109. The number of carbonyl (C=O) groups excluding carboxylic acids is 1. The summed E-state index contributed by atoms with van der Waals surface area (Å²) >= 11 is 0. The molecule has 4 rings (SSSR count). The highest BCUT2D eigenvalue weighted by Gasteiger charge is 2.46. The van der Waals surface area contributed by atoms with Gasteiger partial charge in [0.15, 0.2) is 0 Å². The number of rotatable bonds is 8. The van der Waals surface area contributed by atoms with Crippen LogP contribution < -0.4 is 14.8 Å². The number of alkyl halides is 3. The van der Waals surface area contributed by atoms with Crippen molar-refractivity contribution in [2.45, 2.75) is 12.1 Å². The first-order valence-corrected chi connectivity index (χ1v) is 11.7. The Morgan fingerprint density at radius 3 is 2.31 bits per heavy atom. The van der Waals surface area contributed by atoms with E-state index in [2.05, 4.69) is 15.5 Å². The number of nitrogens with zero attached hydrogens (tertiary/aromatic N) is 2. The highest BCUT2D eigenvalue weighted by Crippen LogP contribution is 2.28. The van der Waals surface area contributed by atoms with Gasteiger partial charge in [-0.2, -0.15) is 21.6 Å². The summed E-state index contributed by atoms with van der Waals surface area (Å²) in [5, 5.41) is 9.96. The second-order valence-corrected chi connectivity index (χ2v) is 8.96. The van der Waals surface area contributed by atoms with Crippen LogP contribution in [0.3, 0.4) is 0 Å². The van der Waals surface area contributed by atoms with Gasteiger partial charge in [-0.15, -0.1) is 10.2 Å². The largest absolute Gasteiger partial charge is 0.516 e. The van der Waals surface area contributed by atoms with E-state index in [0.29, 0.717) is 11.5 Å². The van der Waals surface area contributed by atoms with Gasteiger partial charge in [-0.05, 0) is 48.0 Å². The Bertz CT molecular complexity index is 1460. The Labute approximate surface area is 203 Å².